The van der Waals surface area contributed by atoms with Gasteiger partial charge in [0.2, 0.25) is 0 Å². The molecule has 3 N–H and O–H groups in total. The summed E-state index contributed by atoms with van der Waals surface area (Å²) in [5.41, 5.74) is 0. The molecule has 90 valence electrons. The van der Waals surface area contributed by atoms with Gasteiger partial charge in [-0.1, -0.05) is 6.92 Å². The van der Waals surface area contributed by atoms with E-state index in [0.717, 1.165) is 0 Å². The first-order valence-corrected chi connectivity index (χ1v) is 5.27. The van der Waals surface area contributed by atoms with Crippen molar-refractivity contribution in [3.05, 3.63) is 0 Å². The van der Waals surface area contributed by atoms with E-state index in [1.807, 2.05) is 6.92 Å². The van der Waals surface area contributed by atoms with Crippen molar-refractivity contribution in [3.63, 3.8) is 0 Å². The molecule has 0 aliphatic carbocycles. The zero-order valence-corrected chi connectivity index (χ0v) is 9.17. The van der Waals surface area contributed by atoms with E-state index in [4.69, 9.17) is 14.6 Å². The van der Waals surface area contributed by atoms with Gasteiger partial charge in [-0.3, -0.25) is 0 Å². The highest BCUT2D eigenvalue weighted by atomic mass is 16.5. The zero-order valence-electron chi connectivity index (χ0n) is 9.17. The lowest BCUT2D eigenvalue weighted by atomic mass is 9.86. The Labute approximate surface area is 89.6 Å². The molecule has 0 saturated carbocycles. The number of aliphatic hydroxyl groups excluding tert-OH is 3. The summed E-state index contributed by atoms with van der Waals surface area (Å²) in [5, 5.41) is 28.8. The van der Waals surface area contributed by atoms with Gasteiger partial charge in [0, 0.05) is 13.0 Å². The normalized spacial score (nSPS) is 41.8. The van der Waals surface area contributed by atoms with Gasteiger partial charge in [0.1, 0.15) is 6.10 Å². The van der Waals surface area contributed by atoms with Crippen LogP contribution in [0.25, 0.3) is 0 Å². The van der Waals surface area contributed by atoms with E-state index in [1.165, 1.54) is 7.11 Å². The van der Waals surface area contributed by atoms with Crippen LogP contribution in [-0.2, 0) is 9.47 Å². The molecule has 5 heteroatoms. The van der Waals surface area contributed by atoms with E-state index in [0.29, 0.717) is 6.42 Å². The maximum Gasteiger partial charge on any atom is 0.107 e. The number of hydrogen-bond donors (Lipinski definition) is 3. The lowest BCUT2D eigenvalue weighted by Crippen LogP contribution is -2.56. The molecule has 1 fully saturated rings. The minimum Gasteiger partial charge on any atom is -0.394 e. The second-order valence-corrected chi connectivity index (χ2v) is 3.90. The number of ether oxygens (including phenoxy) is 2. The molecule has 0 spiro atoms. The highest BCUT2D eigenvalue weighted by Crippen LogP contribution is 2.27. The van der Waals surface area contributed by atoms with E-state index in [2.05, 4.69) is 0 Å². The first kappa shape index (κ1) is 12.9. The number of aliphatic hydroxyl groups is 3. The predicted molar refractivity (Wildman–Crippen MR) is 53.4 cm³/mol. The quantitative estimate of drug-likeness (QED) is 0.574. The summed E-state index contributed by atoms with van der Waals surface area (Å²) >= 11 is 0. The molecule has 0 aromatic heterocycles. The third-order valence-corrected chi connectivity index (χ3v) is 2.93. The fourth-order valence-corrected chi connectivity index (χ4v) is 2.02. The van der Waals surface area contributed by atoms with Gasteiger partial charge in [-0.25, -0.2) is 0 Å². The van der Waals surface area contributed by atoms with Gasteiger partial charge in [-0.15, -0.1) is 0 Å². The average molecular weight is 220 g/mol. The van der Waals surface area contributed by atoms with Crippen molar-refractivity contribution in [2.45, 2.75) is 37.8 Å². The lowest BCUT2D eigenvalue weighted by Gasteiger charge is -2.42. The molecule has 1 saturated heterocycles. The monoisotopic (exact) mass is 220 g/mol. The molecular weight excluding hydrogens is 200 g/mol. The average Bonchev–Trinajstić information content (AvgIpc) is 2.25. The molecule has 0 aromatic carbocycles. The maximum absolute atomic E-state index is 9.90. The summed E-state index contributed by atoms with van der Waals surface area (Å²) in [5.74, 6) is -0.397. The fraction of sp³-hybridized carbons (Fsp3) is 1.00. The van der Waals surface area contributed by atoms with Gasteiger partial charge in [0.25, 0.3) is 0 Å². The van der Waals surface area contributed by atoms with Crippen LogP contribution in [0.1, 0.15) is 13.3 Å². The summed E-state index contributed by atoms with van der Waals surface area (Å²) in [4.78, 5) is 0. The minimum absolute atomic E-state index is 0.245. The van der Waals surface area contributed by atoms with Gasteiger partial charge < -0.3 is 24.8 Å². The Hall–Kier alpha value is -0.200. The highest BCUT2D eigenvalue weighted by molar-refractivity contribution is 4.91. The van der Waals surface area contributed by atoms with Crippen LogP contribution in [0.3, 0.4) is 0 Å². The van der Waals surface area contributed by atoms with Crippen LogP contribution >= 0.6 is 0 Å². The van der Waals surface area contributed by atoms with Crippen LogP contribution in [0.4, 0.5) is 0 Å². The fourth-order valence-electron chi connectivity index (χ4n) is 2.02. The molecule has 0 bridgehead atoms. The van der Waals surface area contributed by atoms with Crippen LogP contribution in [0.15, 0.2) is 0 Å². The Morgan fingerprint density at radius 1 is 1.20 bits per heavy atom. The predicted octanol–water partition coefficient (Wildman–Crippen LogP) is -0.860. The zero-order chi connectivity index (χ0) is 11.4. The third-order valence-electron chi connectivity index (χ3n) is 2.93. The molecule has 0 radical (unpaired) electrons. The summed E-state index contributed by atoms with van der Waals surface area (Å²) in [6.07, 6.45) is -1.95. The van der Waals surface area contributed by atoms with E-state index in [1.54, 1.807) is 0 Å². The molecular formula is C10H20O5. The minimum atomic E-state index is -0.882. The molecule has 1 aliphatic rings. The lowest BCUT2D eigenvalue weighted by molar-refractivity contribution is -0.216. The van der Waals surface area contributed by atoms with Crippen LogP contribution in [0.5, 0.6) is 0 Å². The molecule has 5 atom stereocenters. The Morgan fingerprint density at radius 2 is 1.80 bits per heavy atom. The summed E-state index contributed by atoms with van der Waals surface area (Å²) in [6, 6.07) is 0. The highest BCUT2D eigenvalue weighted by Gasteiger charge is 2.43. The van der Waals surface area contributed by atoms with E-state index >= 15 is 0 Å². The van der Waals surface area contributed by atoms with Crippen molar-refractivity contribution in [1.82, 2.24) is 0 Å². The van der Waals surface area contributed by atoms with Crippen LogP contribution in [-0.4, -0.2) is 60.1 Å². The molecule has 1 heterocycles. The van der Waals surface area contributed by atoms with Gasteiger partial charge >= 0.3 is 0 Å². The van der Waals surface area contributed by atoms with Crippen LogP contribution in [0, 0.1) is 5.92 Å². The maximum atomic E-state index is 9.90. The molecule has 15 heavy (non-hydrogen) atoms. The molecule has 0 aromatic rings. The van der Waals surface area contributed by atoms with Gasteiger partial charge in [0.15, 0.2) is 0 Å². The smallest absolute Gasteiger partial charge is 0.107 e. The Kier molecular flexibility index (Phi) is 4.95. The van der Waals surface area contributed by atoms with Crippen LogP contribution < -0.4 is 0 Å². The Bertz CT molecular complexity index is 171. The number of rotatable bonds is 4. The number of hydrogen-bond acceptors (Lipinski definition) is 5. The standard InChI is InChI=1S/C10H20O5/c1-3-7-9(12)6(5-14-2)10(13)8(4-11)15-7/h6-13H,3-5H2,1-2H3/t6-,7-,8?,9?,10-/m0/s1. The molecule has 1 aliphatic heterocycles. The van der Waals surface area contributed by atoms with Crippen molar-refractivity contribution in [3.8, 4) is 0 Å². The van der Waals surface area contributed by atoms with Crippen molar-refractivity contribution < 1.29 is 24.8 Å². The summed E-state index contributed by atoms with van der Waals surface area (Å²) in [6.45, 7) is 1.91. The van der Waals surface area contributed by atoms with Gasteiger partial charge in [-0.05, 0) is 6.42 Å². The Morgan fingerprint density at radius 3 is 2.27 bits per heavy atom. The van der Waals surface area contributed by atoms with Crippen molar-refractivity contribution in [1.29, 1.82) is 0 Å². The SMILES string of the molecule is CC[C@@H]1OC(CO)[C@@H](O)[C@@H](COC)C1O. The molecule has 5 nitrogen and oxygen atoms in total. The van der Waals surface area contributed by atoms with Gasteiger partial charge in [-0.2, -0.15) is 0 Å². The topological polar surface area (TPSA) is 79.2 Å². The second kappa shape index (κ2) is 5.77. The van der Waals surface area contributed by atoms with Crippen molar-refractivity contribution in [2.24, 2.45) is 5.92 Å². The summed E-state index contributed by atoms with van der Waals surface area (Å²) < 4.78 is 10.3. The van der Waals surface area contributed by atoms with Crippen molar-refractivity contribution in [2.75, 3.05) is 20.3 Å². The number of methoxy groups -OCH3 is 1. The molecule has 2 unspecified atom stereocenters. The van der Waals surface area contributed by atoms with E-state index in [9.17, 15) is 10.2 Å². The van der Waals surface area contributed by atoms with Gasteiger partial charge in [0.05, 0.1) is 31.5 Å². The third kappa shape index (κ3) is 2.68. The van der Waals surface area contributed by atoms with Crippen LogP contribution in [0.2, 0.25) is 0 Å². The Balaban J connectivity index is 2.71. The first-order chi connectivity index (χ1) is 7.15. The van der Waals surface area contributed by atoms with E-state index in [-0.39, 0.29) is 19.3 Å². The first-order valence-electron chi connectivity index (χ1n) is 5.27. The molecule has 1 rings (SSSR count). The summed E-state index contributed by atoms with van der Waals surface area (Å²) in [7, 11) is 1.52. The second-order valence-electron chi connectivity index (χ2n) is 3.90. The van der Waals surface area contributed by atoms with Crippen molar-refractivity contribution >= 4 is 0 Å². The largest absolute Gasteiger partial charge is 0.394 e. The molecule has 0 amide bonds. The van der Waals surface area contributed by atoms with E-state index < -0.39 is 24.2 Å².